The number of aromatic nitrogens is 2. The highest BCUT2D eigenvalue weighted by molar-refractivity contribution is 6.06. The summed E-state index contributed by atoms with van der Waals surface area (Å²) in [5.74, 6) is 6.96. The summed E-state index contributed by atoms with van der Waals surface area (Å²) in [4.78, 5) is 78.7. The molecule has 3 aromatic rings. The zero-order valence-corrected chi connectivity index (χ0v) is 36.3. The number of likely N-dealkylation sites (N-methyl/N-ethyl adjacent to an activating group) is 1. The number of methoxy groups -OCH3 is 1. The van der Waals surface area contributed by atoms with Crippen LogP contribution in [0.2, 0.25) is 0 Å². The van der Waals surface area contributed by atoms with Crippen LogP contribution in [0.3, 0.4) is 0 Å². The zero-order valence-electron chi connectivity index (χ0n) is 36.3. The van der Waals surface area contributed by atoms with Crippen molar-refractivity contribution in [2.45, 2.75) is 121 Å². The summed E-state index contributed by atoms with van der Waals surface area (Å²) in [7, 11) is 3.36. The lowest BCUT2D eigenvalue weighted by Gasteiger charge is -2.43. The van der Waals surface area contributed by atoms with Crippen LogP contribution < -0.4 is 35.8 Å². The fraction of sp³-hybridized carbons (Fsp3) is 0.511. The van der Waals surface area contributed by atoms with E-state index in [2.05, 4.69) is 43.0 Å². The lowest BCUT2D eigenvalue weighted by atomic mass is 9.91. The molecule has 63 heavy (non-hydrogen) atoms. The van der Waals surface area contributed by atoms with Crippen molar-refractivity contribution in [1.29, 1.82) is 0 Å². The molecule has 2 saturated carbocycles. The highest BCUT2D eigenvalue weighted by Crippen LogP contribution is 2.40. The third-order valence-corrected chi connectivity index (χ3v) is 13.0. The topological polar surface area (TPSA) is 187 Å². The second-order valence-electron chi connectivity index (χ2n) is 17.0. The summed E-state index contributed by atoms with van der Waals surface area (Å²) in [6.07, 6.45) is 11.4. The van der Waals surface area contributed by atoms with Crippen molar-refractivity contribution in [2.24, 2.45) is 0 Å². The highest BCUT2D eigenvalue weighted by atomic mass is 16.5. The number of nitrogens with zero attached hydrogens (tertiary/aromatic N) is 5. The second-order valence-corrected chi connectivity index (χ2v) is 17.0. The second kappa shape index (κ2) is 19.6. The van der Waals surface area contributed by atoms with E-state index < -0.39 is 11.9 Å². The Kier molecular flexibility index (Phi) is 13.5. The SMILES string of the molecule is CC[C@@H]1C(=O)N(C)c2cnc(Nc3ccc(C(=O)N[C@H]4CC[C@H](NCCOCCC#Cc5cccc6c5CN(C5CCC(=O)NC5=O)C6=O)CC4)cc3OC)nc2N1C1CCCC1. The highest BCUT2D eigenvalue weighted by Gasteiger charge is 2.42. The first-order valence-corrected chi connectivity index (χ1v) is 22.4. The predicted molar refractivity (Wildman–Crippen MR) is 237 cm³/mol. The molecule has 0 radical (unpaired) electrons. The van der Waals surface area contributed by atoms with Gasteiger partial charge in [0.05, 0.1) is 32.2 Å². The minimum Gasteiger partial charge on any atom is -0.495 e. The molecular weight excluding hydrogens is 803 g/mol. The molecule has 16 heteroatoms. The summed E-state index contributed by atoms with van der Waals surface area (Å²) in [6, 6.07) is 10.5. The van der Waals surface area contributed by atoms with E-state index in [9.17, 15) is 24.0 Å². The van der Waals surface area contributed by atoms with Gasteiger partial charge in [0.2, 0.25) is 23.7 Å². The van der Waals surface area contributed by atoms with E-state index in [4.69, 9.17) is 14.5 Å². The first-order chi connectivity index (χ1) is 30.6. The number of carbonyl (C=O) groups excluding carboxylic acids is 5. The van der Waals surface area contributed by atoms with Crippen LogP contribution in [0.4, 0.5) is 23.1 Å². The van der Waals surface area contributed by atoms with Gasteiger partial charge in [0.1, 0.15) is 23.5 Å². The van der Waals surface area contributed by atoms with Crippen LogP contribution >= 0.6 is 0 Å². The van der Waals surface area contributed by atoms with E-state index in [0.29, 0.717) is 85.8 Å². The van der Waals surface area contributed by atoms with Gasteiger partial charge in [0.15, 0.2) is 5.82 Å². The Labute approximate surface area is 368 Å². The molecule has 8 rings (SSSR count). The smallest absolute Gasteiger partial charge is 0.255 e. The van der Waals surface area contributed by atoms with Gasteiger partial charge in [0.25, 0.3) is 11.8 Å². The Morgan fingerprint density at radius 2 is 1.78 bits per heavy atom. The first-order valence-electron chi connectivity index (χ1n) is 22.4. The number of rotatable bonds is 14. The number of ether oxygens (including phenoxy) is 2. The summed E-state index contributed by atoms with van der Waals surface area (Å²) < 4.78 is 11.6. The minimum atomic E-state index is -0.657. The molecule has 1 unspecified atom stereocenters. The van der Waals surface area contributed by atoms with E-state index >= 15 is 0 Å². The van der Waals surface area contributed by atoms with Crippen molar-refractivity contribution in [3.05, 3.63) is 64.8 Å². The molecule has 4 heterocycles. The largest absolute Gasteiger partial charge is 0.495 e. The number of hydrogen-bond acceptors (Lipinski definition) is 12. The van der Waals surface area contributed by atoms with Crippen LogP contribution in [-0.2, 0) is 25.7 Å². The van der Waals surface area contributed by atoms with Gasteiger partial charge >= 0.3 is 0 Å². The molecule has 5 amide bonds. The lowest BCUT2D eigenvalue weighted by molar-refractivity contribution is -0.137. The van der Waals surface area contributed by atoms with Crippen LogP contribution in [0.5, 0.6) is 5.75 Å². The molecule has 0 bridgehead atoms. The van der Waals surface area contributed by atoms with Crippen LogP contribution in [0, 0.1) is 11.8 Å². The van der Waals surface area contributed by atoms with Gasteiger partial charge in [-0.3, -0.25) is 29.3 Å². The molecule has 1 aromatic heterocycles. The van der Waals surface area contributed by atoms with E-state index in [1.165, 1.54) is 4.90 Å². The first kappa shape index (κ1) is 43.6. The maximum atomic E-state index is 13.4. The van der Waals surface area contributed by atoms with Crippen molar-refractivity contribution in [3.8, 4) is 17.6 Å². The van der Waals surface area contributed by atoms with Crippen molar-refractivity contribution < 1.29 is 33.4 Å². The molecule has 2 aliphatic carbocycles. The summed E-state index contributed by atoms with van der Waals surface area (Å²) in [5, 5.41) is 12.4. The molecule has 5 aliphatic rings. The number of piperidine rings is 1. The van der Waals surface area contributed by atoms with Gasteiger partial charge in [0, 0.05) is 67.8 Å². The standard InChI is InChI=1S/C47H57N9O7/c1-4-37-46(61)54(2)39-27-49-47(53-42(39)56(37)33-12-5-6-13-33)51-36-20-15-30(26-40(36)62-3)43(58)50-32-18-16-31(17-19-32)48-23-25-63-24-8-7-10-29-11-9-14-34-35(29)28-55(45(34)60)38-21-22-41(57)52-44(38)59/h9,11,14-15,20,26-27,31-33,37-38,48H,4-6,8,12-13,16-19,21-25,28H2,1-3H3,(H,50,58)(H,49,51,53)(H,52,57,59)/t31-,32-,37-,38?/m1/s1. The number of fused-ring (bicyclic) bond motifs is 2. The molecule has 2 atom stereocenters. The monoisotopic (exact) mass is 859 g/mol. The maximum Gasteiger partial charge on any atom is 0.255 e. The average molecular weight is 860 g/mol. The van der Waals surface area contributed by atoms with E-state index in [1.807, 2.05) is 19.1 Å². The third-order valence-electron chi connectivity index (χ3n) is 13.0. The number of amides is 5. The van der Waals surface area contributed by atoms with Gasteiger partial charge < -0.3 is 40.1 Å². The van der Waals surface area contributed by atoms with Gasteiger partial charge in [-0.15, -0.1) is 0 Å². The van der Waals surface area contributed by atoms with Crippen LogP contribution in [0.15, 0.2) is 42.6 Å². The van der Waals surface area contributed by atoms with Crippen LogP contribution in [0.1, 0.15) is 116 Å². The number of benzene rings is 2. The van der Waals surface area contributed by atoms with Crippen molar-refractivity contribution in [2.75, 3.05) is 49.0 Å². The molecule has 3 fully saturated rings. The van der Waals surface area contributed by atoms with E-state index in [-0.39, 0.29) is 48.2 Å². The van der Waals surface area contributed by atoms with E-state index in [0.717, 1.165) is 68.3 Å². The van der Waals surface area contributed by atoms with E-state index in [1.54, 1.807) is 49.5 Å². The van der Waals surface area contributed by atoms with Crippen LogP contribution in [-0.4, -0.2) is 109 Å². The molecule has 4 N–H and O–H groups in total. The Balaban J connectivity index is 0.758. The fourth-order valence-electron chi connectivity index (χ4n) is 9.63. The van der Waals surface area contributed by atoms with Crippen LogP contribution in [0.25, 0.3) is 0 Å². The molecule has 332 valence electrons. The maximum absolute atomic E-state index is 13.4. The third kappa shape index (κ3) is 9.50. The van der Waals surface area contributed by atoms with Gasteiger partial charge in [-0.25, -0.2) is 4.98 Å². The van der Waals surface area contributed by atoms with Crippen molar-refractivity contribution >= 4 is 52.7 Å². The number of imide groups is 1. The normalized spacial score (nSPS) is 22.3. The Morgan fingerprint density at radius 1 is 0.984 bits per heavy atom. The number of hydrogen-bond donors (Lipinski definition) is 4. The molecule has 2 aromatic carbocycles. The summed E-state index contributed by atoms with van der Waals surface area (Å²) >= 11 is 0. The summed E-state index contributed by atoms with van der Waals surface area (Å²) in [5.41, 5.74) is 3.96. The number of anilines is 4. The fourth-order valence-corrected chi connectivity index (χ4v) is 9.63. The number of carbonyl (C=O) groups is 5. The zero-order chi connectivity index (χ0) is 44.0. The Bertz CT molecular complexity index is 2300. The minimum absolute atomic E-state index is 0.0679. The Hall–Kier alpha value is -6.05. The molecule has 1 saturated heterocycles. The molecular formula is C47H57N9O7. The van der Waals surface area contributed by atoms with Gasteiger partial charge in [-0.2, -0.15) is 4.98 Å². The predicted octanol–water partition coefficient (Wildman–Crippen LogP) is 4.58. The van der Waals surface area contributed by atoms with Gasteiger partial charge in [-0.05, 0) is 87.3 Å². The average Bonchev–Trinajstić information content (AvgIpc) is 3.95. The molecule has 16 nitrogen and oxygen atoms in total. The van der Waals surface area contributed by atoms with Crippen molar-refractivity contribution in [1.82, 2.24) is 30.8 Å². The quantitative estimate of drug-likeness (QED) is 0.101. The molecule has 3 aliphatic heterocycles. The Morgan fingerprint density at radius 3 is 2.54 bits per heavy atom. The molecule has 0 spiro atoms. The van der Waals surface area contributed by atoms with Crippen molar-refractivity contribution in [3.63, 3.8) is 0 Å². The van der Waals surface area contributed by atoms with Gasteiger partial charge in [-0.1, -0.05) is 37.7 Å². The summed E-state index contributed by atoms with van der Waals surface area (Å²) in [6.45, 7) is 4.08. The lowest BCUT2D eigenvalue weighted by Crippen LogP contribution is -2.55. The number of nitrogens with one attached hydrogen (secondary N) is 4.